The topological polar surface area (TPSA) is 98.8 Å². The molecule has 0 atom stereocenters. The highest BCUT2D eigenvalue weighted by atomic mass is 32.1. The quantitative estimate of drug-likeness (QED) is 0.136. The molecule has 36 heavy (non-hydrogen) atoms. The van der Waals surface area contributed by atoms with Gasteiger partial charge in [-0.25, -0.2) is 4.98 Å². The number of methoxy groups -OCH3 is 1. The molecule has 0 bridgehead atoms. The summed E-state index contributed by atoms with van der Waals surface area (Å²) in [7, 11) is 1.49. The van der Waals surface area contributed by atoms with Crippen molar-refractivity contribution < 1.29 is 14.4 Å². The molecule has 1 amide bonds. The van der Waals surface area contributed by atoms with Gasteiger partial charge in [0.25, 0.3) is 5.91 Å². The van der Waals surface area contributed by atoms with E-state index in [4.69, 9.17) is 15.3 Å². The molecule has 4 aromatic rings. The van der Waals surface area contributed by atoms with Crippen molar-refractivity contribution in [2.24, 2.45) is 10.9 Å². The predicted molar refractivity (Wildman–Crippen MR) is 143 cm³/mol. The lowest BCUT2D eigenvalue weighted by Gasteiger charge is -2.36. The highest BCUT2D eigenvalue weighted by Crippen LogP contribution is 2.40. The van der Waals surface area contributed by atoms with Crippen LogP contribution in [0.5, 0.6) is 0 Å². The van der Waals surface area contributed by atoms with Crippen molar-refractivity contribution in [1.82, 2.24) is 4.98 Å². The van der Waals surface area contributed by atoms with Gasteiger partial charge >= 0.3 is 0 Å². The van der Waals surface area contributed by atoms with Crippen LogP contribution in [0, 0.1) is 0 Å². The average molecular weight is 501 g/mol. The summed E-state index contributed by atoms with van der Waals surface area (Å²) in [5.74, 6) is -1.78. The van der Waals surface area contributed by atoms with Gasteiger partial charge in [0.1, 0.15) is 11.2 Å². The first kappa shape index (κ1) is 25.1. The molecule has 0 saturated carbocycles. The molecule has 1 aromatic heterocycles. The van der Waals surface area contributed by atoms with Crippen LogP contribution in [0.4, 0.5) is 5.13 Å². The van der Waals surface area contributed by atoms with Gasteiger partial charge in [0.2, 0.25) is 5.79 Å². The van der Waals surface area contributed by atoms with E-state index in [-0.39, 0.29) is 5.71 Å². The zero-order chi connectivity index (χ0) is 25.6. The van der Waals surface area contributed by atoms with Crippen molar-refractivity contribution in [1.29, 1.82) is 0 Å². The lowest BCUT2D eigenvalue weighted by atomic mass is 9.77. The van der Waals surface area contributed by atoms with Gasteiger partial charge in [-0.15, -0.1) is 11.3 Å². The lowest BCUT2D eigenvalue weighted by molar-refractivity contribution is -0.197. The van der Waals surface area contributed by atoms with Crippen LogP contribution < -0.4 is 11.1 Å². The fourth-order valence-corrected chi connectivity index (χ4v) is 4.54. The molecule has 0 spiro atoms. The van der Waals surface area contributed by atoms with Crippen LogP contribution in [0.2, 0.25) is 0 Å². The van der Waals surface area contributed by atoms with E-state index in [1.54, 1.807) is 19.2 Å². The van der Waals surface area contributed by atoms with Crippen LogP contribution >= 0.6 is 11.3 Å². The second-order valence-electron chi connectivity index (χ2n) is 8.51. The van der Waals surface area contributed by atoms with Crippen molar-refractivity contribution >= 4 is 28.1 Å². The van der Waals surface area contributed by atoms with Crippen LogP contribution in [-0.4, -0.2) is 29.5 Å². The molecule has 7 nitrogen and oxygen atoms in total. The zero-order valence-corrected chi connectivity index (χ0v) is 21.2. The van der Waals surface area contributed by atoms with Gasteiger partial charge in [-0.1, -0.05) is 96.2 Å². The molecule has 0 fully saturated rings. The molecule has 0 unspecified atom stereocenters. The van der Waals surface area contributed by atoms with Crippen molar-refractivity contribution in [2.75, 3.05) is 12.4 Å². The van der Waals surface area contributed by atoms with Crippen LogP contribution in [0.15, 0.2) is 102 Å². The Hall–Kier alpha value is -4.01. The SMILES string of the molecule is COC(C)(C)ON=C(C(N)=O)c1csc(NC(c2ccccc2)(c2ccccc2)c2ccccc2)n1. The van der Waals surface area contributed by atoms with E-state index < -0.39 is 17.2 Å². The maximum absolute atomic E-state index is 12.2. The molecule has 3 N–H and O–H groups in total. The first-order valence-corrected chi connectivity index (χ1v) is 12.3. The van der Waals surface area contributed by atoms with E-state index in [1.807, 2.05) is 54.6 Å². The zero-order valence-electron chi connectivity index (χ0n) is 20.3. The minimum atomic E-state index is -1.03. The number of amides is 1. The Morgan fingerprint density at radius 2 is 1.36 bits per heavy atom. The summed E-state index contributed by atoms with van der Waals surface area (Å²) in [6.45, 7) is 3.36. The third-order valence-corrected chi connectivity index (χ3v) is 6.50. The number of nitrogens with two attached hydrogens (primary N) is 1. The van der Waals surface area contributed by atoms with Gasteiger partial charge in [0, 0.05) is 26.3 Å². The van der Waals surface area contributed by atoms with Crippen molar-refractivity contribution in [3.05, 3.63) is 119 Å². The smallest absolute Gasteiger partial charge is 0.273 e. The molecular formula is C28H28N4O3S. The largest absolute Gasteiger partial charge is 0.364 e. The Labute approximate surface area is 214 Å². The summed E-state index contributed by atoms with van der Waals surface area (Å²) in [5.41, 5.74) is 8.18. The number of aromatic nitrogens is 1. The minimum absolute atomic E-state index is 0.0887. The molecule has 4 rings (SSSR count). The number of ether oxygens (including phenoxy) is 1. The number of oxime groups is 1. The summed E-state index contributed by atoms with van der Waals surface area (Å²) < 4.78 is 5.21. The Bertz CT molecular complexity index is 1230. The Morgan fingerprint density at radius 1 is 0.889 bits per heavy atom. The Balaban J connectivity index is 1.82. The number of carbonyl (C=O) groups is 1. The van der Waals surface area contributed by atoms with E-state index in [0.29, 0.717) is 10.8 Å². The third kappa shape index (κ3) is 5.30. The summed E-state index contributed by atoms with van der Waals surface area (Å²) in [4.78, 5) is 22.2. The average Bonchev–Trinajstić information content (AvgIpc) is 3.36. The number of nitrogens with zero attached hydrogens (tertiary/aromatic N) is 2. The van der Waals surface area contributed by atoms with Crippen LogP contribution in [0.1, 0.15) is 36.2 Å². The highest BCUT2D eigenvalue weighted by molar-refractivity contribution is 7.14. The molecule has 0 saturated heterocycles. The Morgan fingerprint density at radius 3 is 1.78 bits per heavy atom. The summed E-state index contributed by atoms with van der Waals surface area (Å²) in [6.07, 6.45) is 0. The van der Waals surface area contributed by atoms with E-state index >= 15 is 0 Å². The van der Waals surface area contributed by atoms with Gasteiger partial charge in [-0.05, 0) is 16.7 Å². The molecule has 1 heterocycles. The first-order chi connectivity index (χ1) is 17.4. The number of carbonyl (C=O) groups excluding carboxylic acids is 1. The van der Waals surface area contributed by atoms with E-state index in [2.05, 4.69) is 51.9 Å². The normalized spacial score (nSPS) is 12.2. The van der Waals surface area contributed by atoms with Gasteiger partial charge in [-0.3, -0.25) is 4.79 Å². The van der Waals surface area contributed by atoms with Crippen molar-refractivity contribution in [3.8, 4) is 0 Å². The number of rotatable bonds is 10. The molecule has 0 radical (unpaired) electrons. The van der Waals surface area contributed by atoms with Crippen LogP contribution in [-0.2, 0) is 19.9 Å². The molecule has 0 aliphatic heterocycles. The van der Waals surface area contributed by atoms with Crippen molar-refractivity contribution in [2.45, 2.75) is 25.2 Å². The number of hydrogen-bond donors (Lipinski definition) is 2. The maximum Gasteiger partial charge on any atom is 0.273 e. The monoisotopic (exact) mass is 500 g/mol. The molecule has 8 heteroatoms. The van der Waals surface area contributed by atoms with Crippen molar-refractivity contribution in [3.63, 3.8) is 0 Å². The molecular weight excluding hydrogens is 472 g/mol. The second kappa shape index (κ2) is 10.7. The second-order valence-corrected chi connectivity index (χ2v) is 9.37. The molecule has 184 valence electrons. The van der Waals surface area contributed by atoms with E-state index in [0.717, 1.165) is 16.7 Å². The number of hydrogen-bond acceptors (Lipinski definition) is 7. The number of nitrogens with one attached hydrogen (secondary N) is 1. The first-order valence-electron chi connectivity index (χ1n) is 11.4. The number of anilines is 1. The minimum Gasteiger partial charge on any atom is -0.364 e. The number of primary amides is 1. The predicted octanol–water partition coefficient (Wildman–Crippen LogP) is 5.14. The summed E-state index contributed by atoms with van der Waals surface area (Å²) >= 11 is 1.35. The van der Waals surface area contributed by atoms with Gasteiger partial charge in [-0.2, -0.15) is 0 Å². The third-order valence-electron chi connectivity index (χ3n) is 5.74. The van der Waals surface area contributed by atoms with E-state index in [1.165, 1.54) is 18.4 Å². The molecule has 3 aromatic carbocycles. The van der Waals surface area contributed by atoms with Gasteiger partial charge in [0.15, 0.2) is 10.8 Å². The fourth-order valence-electron chi connectivity index (χ4n) is 3.79. The molecule has 0 aliphatic rings. The Kier molecular flexibility index (Phi) is 7.47. The summed E-state index contributed by atoms with van der Waals surface area (Å²) in [6, 6.07) is 30.5. The van der Waals surface area contributed by atoms with Gasteiger partial charge < -0.3 is 20.6 Å². The summed E-state index contributed by atoms with van der Waals surface area (Å²) in [5, 5.41) is 9.94. The lowest BCUT2D eigenvalue weighted by Crippen LogP contribution is -2.38. The number of benzene rings is 3. The fraction of sp³-hybridized carbons (Fsp3) is 0.179. The maximum atomic E-state index is 12.2. The molecule has 0 aliphatic carbocycles. The van der Waals surface area contributed by atoms with Crippen LogP contribution in [0.25, 0.3) is 0 Å². The van der Waals surface area contributed by atoms with E-state index in [9.17, 15) is 4.79 Å². The number of thiazole rings is 1. The van der Waals surface area contributed by atoms with Crippen LogP contribution in [0.3, 0.4) is 0 Å². The standard InChI is InChI=1S/C28H28N4O3S/c1-27(2,34-3)35-32-24(25(29)33)23-19-36-26(30-23)31-28(20-13-7-4-8-14-20,21-15-9-5-10-16-21)22-17-11-6-12-18-22/h4-19H,1-3H3,(H2,29,33)(H,30,31). The van der Waals surface area contributed by atoms with Gasteiger partial charge in [0.05, 0.1) is 0 Å². The highest BCUT2D eigenvalue weighted by Gasteiger charge is 2.37.